The summed E-state index contributed by atoms with van der Waals surface area (Å²) in [6.45, 7) is 0. The molecule has 0 spiro atoms. The highest BCUT2D eigenvalue weighted by molar-refractivity contribution is 7.87. The van der Waals surface area contributed by atoms with Gasteiger partial charge >= 0.3 is 0 Å². The minimum atomic E-state index is -4.14. The van der Waals surface area contributed by atoms with Gasteiger partial charge in [-0.3, -0.25) is 10.2 Å². The minimum absolute atomic E-state index is 0.334. The van der Waals surface area contributed by atoms with Crippen molar-refractivity contribution in [1.29, 1.82) is 5.41 Å². The van der Waals surface area contributed by atoms with Gasteiger partial charge < -0.3 is 5.73 Å². The van der Waals surface area contributed by atoms with Crippen molar-refractivity contribution in [2.75, 3.05) is 5.75 Å². The molecule has 9 heteroatoms. The first kappa shape index (κ1) is 14.4. The van der Waals surface area contributed by atoms with E-state index in [0.717, 1.165) is 10.1 Å². The van der Waals surface area contributed by atoms with Gasteiger partial charge in [0.25, 0.3) is 10.1 Å². The molecule has 1 aromatic carbocycles. The van der Waals surface area contributed by atoms with Gasteiger partial charge in [0.05, 0.1) is 4.88 Å². The van der Waals surface area contributed by atoms with Crippen LogP contribution in [0.3, 0.4) is 0 Å². The average molecular weight is 313 g/mol. The summed E-state index contributed by atoms with van der Waals surface area (Å²) in [5, 5.41) is 7.66. The van der Waals surface area contributed by atoms with Crippen LogP contribution in [-0.2, 0) is 14.4 Å². The quantitative estimate of drug-likeness (QED) is 0.325. The van der Waals surface area contributed by atoms with E-state index < -0.39 is 27.6 Å². The number of carbonyl (C=O) groups excluding carboxylic acids is 1. The molecule has 0 unspecified atom stereocenters. The van der Waals surface area contributed by atoms with Gasteiger partial charge in [-0.1, -0.05) is 18.2 Å². The smallest absolute Gasteiger partial charge is 0.295 e. The van der Waals surface area contributed by atoms with Crippen LogP contribution in [0.2, 0.25) is 0 Å². The molecule has 20 heavy (non-hydrogen) atoms. The number of hydrogen-bond acceptors (Lipinski definition) is 6. The number of nitrogens with one attached hydrogen (secondary N) is 2. The molecule has 2 rings (SSSR count). The third-order valence-electron chi connectivity index (χ3n) is 2.29. The van der Waals surface area contributed by atoms with Crippen LogP contribution in [0.25, 0.3) is 10.1 Å². The lowest BCUT2D eigenvalue weighted by Gasteiger charge is -2.03. The summed E-state index contributed by atoms with van der Waals surface area (Å²) in [7, 11) is -4.14. The molecule has 0 saturated heterocycles. The summed E-state index contributed by atoms with van der Waals surface area (Å²) in [5.41, 5.74) is 6.59. The molecule has 0 amide bonds. The number of thiophene rings is 1. The molecule has 0 bridgehead atoms. The predicted molar refractivity (Wildman–Crippen MR) is 76.1 cm³/mol. The zero-order valence-corrected chi connectivity index (χ0v) is 11.8. The van der Waals surface area contributed by atoms with Crippen molar-refractivity contribution in [2.45, 2.75) is 0 Å². The summed E-state index contributed by atoms with van der Waals surface area (Å²) in [5.74, 6) is -2.06. The summed E-state index contributed by atoms with van der Waals surface area (Å²) in [4.78, 5) is 12.2. The average Bonchev–Trinajstić information content (AvgIpc) is 2.80. The van der Waals surface area contributed by atoms with Crippen LogP contribution >= 0.6 is 11.3 Å². The topological polar surface area (TPSA) is 122 Å². The fraction of sp³-hybridized carbons (Fsp3) is 0.0909. The first-order chi connectivity index (χ1) is 9.37. The second-order valence-corrected chi connectivity index (χ2v) is 6.53. The maximum Gasteiger partial charge on any atom is 0.295 e. The molecule has 1 aromatic heterocycles. The summed E-state index contributed by atoms with van der Waals surface area (Å²) < 4.78 is 28.1. The zero-order valence-electron chi connectivity index (χ0n) is 10.1. The van der Waals surface area contributed by atoms with E-state index in [9.17, 15) is 13.2 Å². The molecule has 0 saturated carbocycles. The third-order valence-corrected chi connectivity index (χ3v) is 4.40. The van der Waals surface area contributed by atoms with E-state index in [4.69, 9.17) is 11.1 Å². The third kappa shape index (κ3) is 3.53. The maximum absolute atomic E-state index is 11.9. The van der Waals surface area contributed by atoms with Crippen molar-refractivity contribution in [3.63, 3.8) is 0 Å². The zero-order chi connectivity index (χ0) is 14.8. The van der Waals surface area contributed by atoms with Crippen LogP contribution in [0.15, 0.2) is 30.3 Å². The van der Waals surface area contributed by atoms with Crippen LogP contribution < -0.4 is 11.2 Å². The number of Topliss-reactive ketones (excluding diaryl/α,β-unsaturated/α-hetero) is 1. The molecule has 0 fully saturated rings. The largest absolute Gasteiger partial charge is 0.368 e. The Morgan fingerprint density at radius 3 is 2.75 bits per heavy atom. The lowest BCUT2D eigenvalue weighted by Crippen LogP contribution is -2.34. The van der Waals surface area contributed by atoms with E-state index in [0.29, 0.717) is 4.88 Å². The van der Waals surface area contributed by atoms with Crippen molar-refractivity contribution < 1.29 is 17.5 Å². The Morgan fingerprint density at radius 2 is 2.10 bits per heavy atom. The lowest BCUT2D eigenvalue weighted by atomic mass is 10.2. The number of hydrogen-bond donors (Lipinski definition) is 3. The second kappa shape index (κ2) is 5.57. The highest BCUT2D eigenvalue weighted by Gasteiger charge is 2.21. The summed E-state index contributed by atoms with van der Waals surface area (Å²) in [6, 6.07) is 8.99. The fourth-order valence-electron chi connectivity index (χ4n) is 1.49. The van der Waals surface area contributed by atoms with Gasteiger partial charge in [0.1, 0.15) is 5.75 Å². The molecule has 0 aliphatic carbocycles. The van der Waals surface area contributed by atoms with E-state index in [2.05, 4.69) is 4.28 Å². The molecule has 0 atom stereocenters. The number of guanidine groups is 1. The van der Waals surface area contributed by atoms with Crippen molar-refractivity contribution in [1.82, 2.24) is 5.48 Å². The molecule has 4 N–H and O–H groups in total. The fourth-order valence-corrected chi connectivity index (χ4v) is 3.33. The van der Waals surface area contributed by atoms with Crippen molar-refractivity contribution in [3.8, 4) is 0 Å². The predicted octanol–water partition coefficient (Wildman–Crippen LogP) is 0.828. The van der Waals surface area contributed by atoms with Crippen molar-refractivity contribution in [2.24, 2.45) is 5.73 Å². The molecular formula is C11H11N3O4S2. The molecule has 1 heterocycles. The Balaban J connectivity index is 2.13. The van der Waals surface area contributed by atoms with Gasteiger partial charge in [0.2, 0.25) is 5.96 Å². The Morgan fingerprint density at radius 1 is 1.40 bits per heavy atom. The number of benzene rings is 1. The molecule has 7 nitrogen and oxygen atoms in total. The Labute approximate surface area is 118 Å². The monoisotopic (exact) mass is 313 g/mol. The Bertz CT molecular complexity index is 734. The van der Waals surface area contributed by atoms with Crippen LogP contribution in [0.4, 0.5) is 0 Å². The molecule has 106 valence electrons. The van der Waals surface area contributed by atoms with E-state index in [1.807, 2.05) is 24.3 Å². The number of rotatable bonds is 5. The van der Waals surface area contributed by atoms with Crippen LogP contribution in [0.1, 0.15) is 9.67 Å². The molecule has 0 aliphatic rings. The summed E-state index contributed by atoms with van der Waals surface area (Å²) in [6.07, 6.45) is 0. The molecular weight excluding hydrogens is 302 g/mol. The first-order valence-electron chi connectivity index (χ1n) is 5.40. The second-order valence-electron chi connectivity index (χ2n) is 3.87. The number of fused-ring (bicyclic) bond motifs is 1. The van der Waals surface area contributed by atoms with Crippen molar-refractivity contribution >= 4 is 43.3 Å². The van der Waals surface area contributed by atoms with E-state index in [1.165, 1.54) is 11.3 Å². The Hall–Kier alpha value is -1.97. The van der Waals surface area contributed by atoms with E-state index >= 15 is 0 Å². The number of hydroxylamine groups is 1. The highest BCUT2D eigenvalue weighted by Crippen LogP contribution is 2.25. The Kier molecular flexibility index (Phi) is 4.02. The maximum atomic E-state index is 11.9. The normalized spacial score (nSPS) is 11.4. The SMILES string of the molecule is N=C(N)NOS(=O)(=O)CC(=O)c1cc2ccccc2s1. The summed E-state index contributed by atoms with van der Waals surface area (Å²) >= 11 is 1.21. The van der Waals surface area contributed by atoms with Gasteiger partial charge in [-0.05, 0) is 17.5 Å². The van der Waals surface area contributed by atoms with E-state index in [-0.39, 0.29) is 0 Å². The van der Waals surface area contributed by atoms with Crippen LogP contribution in [0, 0.1) is 5.41 Å². The molecule has 0 aliphatic heterocycles. The standard InChI is InChI=1S/C11H11N3O4S2/c12-11(13)14-18-20(16,17)6-8(15)10-5-7-3-1-2-4-9(7)19-10/h1-5H,6H2,(H4,12,13,14). The highest BCUT2D eigenvalue weighted by atomic mass is 32.2. The van der Waals surface area contributed by atoms with Crippen LogP contribution in [-0.4, -0.2) is 25.9 Å². The van der Waals surface area contributed by atoms with Crippen molar-refractivity contribution in [3.05, 3.63) is 35.2 Å². The van der Waals surface area contributed by atoms with Gasteiger partial charge in [-0.25, -0.2) is 5.48 Å². The van der Waals surface area contributed by atoms with Gasteiger partial charge in [-0.2, -0.15) is 8.42 Å². The number of ketones is 1. The first-order valence-corrected chi connectivity index (χ1v) is 7.80. The van der Waals surface area contributed by atoms with Crippen LogP contribution in [0.5, 0.6) is 0 Å². The molecule has 0 radical (unpaired) electrons. The van der Waals surface area contributed by atoms with E-state index in [1.54, 1.807) is 11.5 Å². The minimum Gasteiger partial charge on any atom is -0.368 e. The number of carbonyl (C=O) groups is 1. The van der Waals surface area contributed by atoms with Gasteiger partial charge in [0.15, 0.2) is 5.78 Å². The lowest BCUT2D eigenvalue weighted by molar-refractivity contribution is 0.102. The van der Waals surface area contributed by atoms with Gasteiger partial charge in [0, 0.05) is 4.70 Å². The van der Waals surface area contributed by atoms with Gasteiger partial charge in [-0.15, -0.1) is 15.6 Å². The number of nitrogens with two attached hydrogens (primary N) is 1. The molecule has 2 aromatic rings.